The molecular weight excluding hydrogens is 310 g/mol. The fraction of sp³-hybridized carbons (Fsp3) is 0.368. The van der Waals surface area contributed by atoms with Crippen LogP contribution in [0, 0.1) is 23.5 Å². The number of halogens is 2. The van der Waals surface area contributed by atoms with Crippen molar-refractivity contribution < 1.29 is 13.6 Å². The molecule has 0 bridgehead atoms. The lowest BCUT2D eigenvalue weighted by Crippen LogP contribution is -2.37. The minimum absolute atomic E-state index is 0.0226. The molecule has 1 aromatic carbocycles. The molecular formula is C19H20F2N2O. The van der Waals surface area contributed by atoms with Crippen LogP contribution < -0.4 is 0 Å². The number of aromatic nitrogens is 1. The average molecular weight is 330 g/mol. The fourth-order valence-corrected chi connectivity index (χ4v) is 3.12. The van der Waals surface area contributed by atoms with Crippen molar-refractivity contribution in [2.75, 3.05) is 6.54 Å². The first-order chi connectivity index (χ1) is 11.5. The summed E-state index contributed by atoms with van der Waals surface area (Å²) in [5.74, 6) is -1.34. The summed E-state index contributed by atoms with van der Waals surface area (Å²) in [6.45, 7) is 4.43. The largest absolute Gasteiger partial charge is 0.332 e. The molecule has 5 heteroatoms. The van der Waals surface area contributed by atoms with Crippen molar-refractivity contribution in [3.8, 4) is 0 Å². The maximum Gasteiger partial charge on any atom is 0.226 e. The Morgan fingerprint density at radius 1 is 1.29 bits per heavy atom. The standard InChI is InChI=1S/C19H20F2N2O/c1-3-23(19(24)15-9-12(15)2)18(14-5-4-8-22-11-14)13-6-7-16(20)17(21)10-13/h4-8,10-12,15,18H,3,9H2,1-2H3/t12-,15-,18-/m1/s1. The van der Waals surface area contributed by atoms with Crippen molar-refractivity contribution >= 4 is 5.91 Å². The van der Waals surface area contributed by atoms with E-state index in [2.05, 4.69) is 4.98 Å². The Morgan fingerprint density at radius 3 is 2.58 bits per heavy atom. The van der Waals surface area contributed by atoms with Gasteiger partial charge in [-0.25, -0.2) is 8.78 Å². The zero-order valence-corrected chi connectivity index (χ0v) is 13.7. The lowest BCUT2D eigenvalue weighted by atomic mass is 9.97. The average Bonchev–Trinajstić information content (AvgIpc) is 3.32. The Bertz CT molecular complexity index is 735. The first kappa shape index (κ1) is 16.6. The summed E-state index contributed by atoms with van der Waals surface area (Å²) < 4.78 is 27.1. The van der Waals surface area contributed by atoms with Crippen LogP contribution in [-0.2, 0) is 4.79 Å². The molecule has 126 valence electrons. The maximum atomic E-state index is 13.8. The molecule has 1 aliphatic carbocycles. The molecule has 1 heterocycles. The van der Waals surface area contributed by atoms with Crippen molar-refractivity contribution in [2.24, 2.45) is 11.8 Å². The molecule has 24 heavy (non-hydrogen) atoms. The summed E-state index contributed by atoms with van der Waals surface area (Å²) in [6.07, 6.45) is 4.19. The van der Waals surface area contributed by atoms with Gasteiger partial charge in [-0.15, -0.1) is 0 Å². The smallest absolute Gasteiger partial charge is 0.226 e. The van der Waals surface area contributed by atoms with Gasteiger partial charge in [-0.2, -0.15) is 0 Å². The summed E-state index contributed by atoms with van der Waals surface area (Å²) in [4.78, 5) is 18.7. The number of benzene rings is 1. The van der Waals surface area contributed by atoms with E-state index in [1.54, 1.807) is 23.4 Å². The van der Waals surface area contributed by atoms with E-state index < -0.39 is 17.7 Å². The van der Waals surface area contributed by atoms with Gasteiger partial charge in [0.05, 0.1) is 6.04 Å². The van der Waals surface area contributed by atoms with Crippen LogP contribution in [-0.4, -0.2) is 22.3 Å². The topological polar surface area (TPSA) is 33.2 Å². The number of carbonyl (C=O) groups excluding carboxylic acids is 1. The van der Waals surface area contributed by atoms with Gasteiger partial charge in [0.1, 0.15) is 0 Å². The second kappa shape index (κ2) is 6.67. The SMILES string of the molecule is CCN(C(=O)[C@@H]1C[C@H]1C)[C@@H](c1cccnc1)c1ccc(F)c(F)c1. The van der Waals surface area contributed by atoms with Crippen LogP contribution in [0.4, 0.5) is 8.78 Å². The van der Waals surface area contributed by atoms with Gasteiger partial charge >= 0.3 is 0 Å². The Morgan fingerprint density at radius 2 is 2.04 bits per heavy atom. The van der Waals surface area contributed by atoms with Crippen LogP contribution in [0.2, 0.25) is 0 Å². The molecule has 0 unspecified atom stereocenters. The molecule has 1 fully saturated rings. The third-order valence-corrected chi connectivity index (χ3v) is 4.62. The molecule has 2 aromatic rings. The Balaban J connectivity index is 2.04. The molecule has 3 rings (SSSR count). The van der Waals surface area contributed by atoms with Crippen LogP contribution in [0.5, 0.6) is 0 Å². The van der Waals surface area contributed by atoms with Crippen molar-refractivity contribution in [2.45, 2.75) is 26.3 Å². The van der Waals surface area contributed by atoms with E-state index in [-0.39, 0.29) is 11.8 Å². The highest BCUT2D eigenvalue weighted by atomic mass is 19.2. The second-order valence-electron chi connectivity index (χ2n) is 6.31. The van der Waals surface area contributed by atoms with E-state index in [0.717, 1.165) is 18.1 Å². The molecule has 1 aliphatic rings. The van der Waals surface area contributed by atoms with Gasteiger partial charge in [0.2, 0.25) is 5.91 Å². The predicted molar refractivity (Wildman–Crippen MR) is 87.1 cm³/mol. The first-order valence-electron chi connectivity index (χ1n) is 8.18. The quantitative estimate of drug-likeness (QED) is 0.831. The molecule has 3 nitrogen and oxygen atoms in total. The molecule has 3 atom stereocenters. The molecule has 0 N–H and O–H groups in total. The van der Waals surface area contributed by atoms with Crippen LogP contribution in [0.1, 0.15) is 37.4 Å². The number of carbonyl (C=O) groups is 1. The van der Waals surface area contributed by atoms with Crippen molar-refractivity contribution in [3.63, 3.8) is 0 Å². The molecule has 0 aliphatic heterocycles. The van der Waals surface area contributed by atoms with Gasteiger partial charge in [-0.1, -0.05) is 19.1 Å². The number of amides is 1. The molecule has 1 aromatic heterocycles. The molecule has 1 saturated carbocycles. The summed E-state index contributed by atoms with van der Waals surface area (Å²) in [5.41, 5.74) is 1.33. The van der Waals surface area contributed by atoms with Crippen molar-refractivity contribution in [1.29, 1.82) is 0 Å². The van der Waals surface area contributed by atoms with Gasteiger partial charge in [-0.3, -0.25) is 9.78 Å². The normalized spacial score (nSPS) is 20.5. The van der Waals surface area contributed by atoms with Gasteiger partial charge in [-0.05, 0) is 48.6 Å². The highest BCUT2D eigenvalue weighted by Crippen LogP contribution is 2.41. The highest BCUT2D eigenvalue weighted by molar-refractivity contribution is 5.82. The zero-order valence-electron chi connectivity index (χ0n) is 13.7. The third kappa shape index (κ3) is 3.16. The fourth-order valence-electron chi connectivity index (χ4n) is 3.12. The number of hydrogen-bond acceptors (Lipinski definition) is 2. The summed E-state index contributed by atoms with van der Waals surface area (Å²) in [6, 6.07) is 6.96. The van der Waals surface area contributed by atoms with Crippen molar-refractivity contribution in [3.05, 3.63) is 65.5 Å². The van der Waals surface area contributed by atoms with E-state index in [4.69, 9.17) is 0 Å². The summed E-state index contributed by atoms with van der Waals surface area (Å²) in [7, 11) is 0. The third-order valence-electron chi connectivity index (χ3n) is 4.62. The van der Waals surface area contributed by atoms with Crippen molar-refractivity contribution in [1.82, 2.24) is 9.88 Å². The van der Waals surface area contributed by atoms with E-state index in [0.29, 0.717) is 18.0 Å². The van der Waals surface area contributed by atoms with Crippen LogP contribution in [0.15, 0.2) is 42.7 Å². The molecule has 1 amide bonds. The van der Waals surface area contributed by atoms with Crippen LogP contribution >= 0.6 is 0 Å². The van der Waals surface area contributed by atoms with Gasteiger partial charge in [0, 0.05) is 24.9 Å². The zero-order chi connectivity index (χ0) is 17.3. The van der Waals surface area contributed by atoms with Crippen LogP contribution in [0.3, 0.4) is 0 Å². The minimum atomic E-state index is -0.912. The Labute approximate surface area is 140 Å². The van der Waals surface area contributed by atoms with Gasteiger partial charge in [0.15, 0.2) is 11.6 Å². The Hall–Kier alpha value is -2.30. The van der Waals surface area contributed by atoms with E-state index in [1.807, 2.05) is 19.9 Å². The lowest BCUT2D eigenvalue weighted by molar-refractivity contribution is -0.134. The minimum Gasteiger partial charge on any atom is -0.332 e. The monoisotopic (exact) mass is 330 g/mol. The molecule has 0 saturated heterocycles. The van der Waals surface area contributed by atoms with Gasteiger partial charge < -0.3 is 4.90 Å². The Kier molecular flexibility index (Phi) is 4.60. The summed E-state index contributed by atoms with van der Waals surface area (Å²) in [5, 5.41) is 0. The maximum absolute atomic E-state index is 13.8. The van der Waals surface area contributed by atoms with Crippen LogP contribution in [0.25, 0.3) is 0 Å². The molecule has 0 spiro atoms. The number of nitrogens with zero attached hydrogens (tertiary/aromatic N) is 2. The van der Waals surface area contributed by atoms with E-state index in [9.17, 15) is 13.6 Å². The number of hydrogen-bond donors (Lipinski definition) is 0. The number of pyridine rings is 1. The second-order valence-corrected chi connectivity index (χ2v) is 6.31. The molecule has 0 radical (unpaired) electrons. The van der Waals surface area contributed by atoms with E-state index in [1.165, 1.54) is 12.1 Å². The summed E-state index contributed by atoms with van der Waals surface area (Å²) >= 11 is 0. The number of rotatable bonds is 5. The van der Waals surface area contributed by atoms with Gasteiger partial charge in [0.25, 0.3) is 0 Å². The van der Waals surface area contributed by atoms with E-state index >= 15 is 0 Å². The lowest BCUT2D eigenvalue weighted by Gasteiger charge is -2.32. The predicted octanol–water partition coefficient (Wildman–Crippen LogP) is 3.95. The highest BCUT2D eigenvalue weighted by Gasteiger charge is 2.43. The first-order valence-corrected chi connectivity index (χ1v) is 8.18.